The zero-order valence-corrected chi connectivity index (χ0v) is 21.7. The van der Waals surface area contributed by atoms with Crippen LogP contribution in [-0.4, -0.2) is 66.0 Å². The predicted octanol–water partition coefficient (Wildman–Crippen LogP) is 4.48. The molecule has 2 aromatic rings. The average Bonchev–Trinajstić information content (AvgIpc) is 3.17. The summed E-state index contributed by atoms with van der Waals surface area (Å²) in [5, 5.41) is 9.78. The van der Waals surface area contributed by atoms with Gasteiger partial charge in [-0.1, -0.05) is 0 Å². The number of carbonyl (C=O) groups excluding carboxylic acids is 2. The van der Waals surface area contributed by atoms with Gasteiger partial charge in [-0.15, -0.1) is 13.2 Å². The predicted molar refractivity (Wildman–Crippen MR) is 129 cm³/mol. The van der Waals surface area contributed by atoms with Crippen molar-refractivity contribution in [2.45, 2.75) is 44.9 Å². The molecule has 2 heterocycles. The standard InChI is InChI=1S/C23H26F6N4O5S/c1-3-36-17-9-13(37-12-22(24,25)26)5-6-14(17)15-10-16-19(21(35)30-15)20(31-18(34)11-39-2)33(32-16)7-4-8-38-23(27,28)29/h5-6,9,15H,3-4,7-8,10-12H2,1-2H3,(H,30,35)(H,31,34). The lowest BCUT2D eigenvalue weighted by Gasteiger charge is -2.25. The van der Waals surface area contributed by atoms with E-state index in [1.54, 1.807) is 13.2 Å². The quantitative estimate of drug-likeness (QED) is 0.280. The molecule has 1 unspecified atom stereocenters. The number of carbonyl (C=O) groups is 2. The lowest BCUT2D eigenvalue weighted by Crippen LogP contribution is -2.36. The summed E-state index contributed by atoms with van der Waals surface area (Å²) in [7, 11) is 0. The van der Waals surface area contributed by atoms with Crippen LogP contribution in [0, 0.1) is 0 Å². The largest absolute Gasteiger partial charge is 0.522 e. The Balaban J connectivity index is 1.88. The summed E-state index contributed by atoms with van der Waals surface area (Å²) in [6.07, 6.45) is -7.62. The molecule has 0 radical (unpaired) electrons. The molecule has 1 aromatic heterocycles. The number of nitrogens with one attached hydrogen (secondary N) is 2. The first-order valence-electron chi connectivity index (χ1n) is 11.7. The van der Waals surface area contributed by atoms with Crippen LogP contribution in [0.2, 0.25) is 0 Å². The van der Waals surface area contributed by atoms with Gasteiger partial charge in [0.2, 0.25) is 5.91 Å². The van der Waals surface area contributed by atoms with E-state index in [0.717, 1.165) is 0 Å². The second kappa shape index (κ2) is 12.8. The number of alkyl halides is 6. The number of nitrogens with zero attached hydrogens (tertiary/aromatic N) is 2. The molecule has 16 heteroatoms. The van der Waals surface area contributed by atoms with Crippen molar-refractivity contribution in [3.63, 3.8) is 0 Å². The van der Waals surface area contributed by atoms with E-state index in [1.165, 1.54) is 34.6 Å². The molecular weight excluding hydrogens is 558 g/mol. The Kier molecular flexibility index (Phi) is 9.98. The van der Waals surface area contributed by atoms with Gasteiger partial charge in [0.1, 0.15) is 22.9 Å². The van der Waals surface area contributed by atoms with Crippen molar-refractivity contribution in [2.75, 3.05) is 37.1 Å². The highest BCUT2D eigenvalue weighted by molar-refractivity contribution is 7.99. The third kappa shape index (κ3) is 8.68. The van der Waals surface area contributed by atoms with Crippen LogP contribution in [0.4, 0.5) is 32.2 Å². The summed E-state index contributed by atoms with van der Waals surface area (Å²) in [4.78, 5) is 25.5. The number of rotatable bonds is 12. The first-order chi connectivity index (χ1) is 18.3. The number of hydrogen-bond donors (Lipinski definition) is 2. The number of ether oxygens (including phenoxy) is 3. The van der Waals surface area contributed by atoms with Crippen LogP contribution in [0.3, 0.4) is 0 Å². The van der Waals surface area contributed by atoms with Crippen molar-refractivity contribution in [3.8, 4) is 11.5 Å². The monoisotopic (exact) mass is 584 g/mol. The Bertz CT molecular complexity index is 1170. The molecule has 1 aromatic carbocycles. The number of amides is 2. The smallest absolute Gasteiger partial charge is 0.493 e. The third-order valence-electron chi connectivity index (χ3n) is 5.33. The molecule has 1 atom stereocenters. The van der Waals surface area contributed by atoms with Gasteiger partial charge in [0.05, 0.1) is 30.7 Å². The van der Waals surface area contributed by atoms with Crippen LogP contribution in [-0.2, 0) is 22.5 Å². The summed E-state index contributed by atoms with van der Waals surface area (Å²) >= 11 is 1.24. The van der Waals surface area contributed by atoms with E-state index in [2.05, 4.69) is 20.5 Å². The van der Waals surface area contributed by atoms with Crippen molar-refractivity contribution >= 4 is 29.4 Å². The van der Waals surface area contributed by atoms with Crippen LogP contribution in [0.1, 0.15) is 41.0 Å². The van der Waals surface area contributed by atoms with E-state index in [0.29, 0.717) is 5.56 Å². The fourth-order valence-corrected chi connectivity index (χ4v) is 4.22. The molecule has 1 aliphatic rings. The van der Waals surface area contributed by atoms with Gasteiger partial charge in [-0.2, -0.15) is 30.0 Å². The lowest BCUT2D eigenvalue weighted by molar-refractivity contribution is -0.324. The van der Waals surface area contributed by atoms with Crippen LogP contribution in [0.5, 0.6) is 11.5 Å². The van der Waals surface area contributed by atoms with Gasteiger partial charge in [0, 0.05) is 24.6 Å². The number of aryl methyl sites for hydroxylation is 1. The Labute approximate surface area is 223 Å². The van der Waals surface area contributed by atoms with E-state index in [9.17, 15) is 35.9 Å². The normalized spacial score (nSPS) is 15.5. The topological polar surface area (TPSA) is 104 Å². The van der Waals surface area contributed by atoms with E-state index >= 15 is 0 Å². The van der Waals surface area contributed by atoms with Gasteiger partial charge in [-0.3, -0.25) is 14.3 Å². The molecule has 1 aliphatic heterocycles. The Morgan fingerprint density at radius 3 is 2.62 bits per heavy atom. The Morgan fingerprint density at radius 2 is 1.97 bits per heavy atom. The number of anilines is 1. The highest BCUT2D eigenvalue weighted by Crippen LogP contribution is 2.36. The number of hydrogen-bond acceptors (Lipinski definition) is 7. The minimum atomic E-state index is -4.79. The van der Waals surface area contributed by atoms with E-state index in [4.69, 9.17) is 9.47 Å². The Hall–Kier alpha value is -3.14. The fourth-order valence-electron chi connectivity index (χ4n) is 3.88. The molecule has 0 aliphatic carbocycles. The van der Waals surface area contributed by atoms with Crippen LogP contribution in [0.15, 0.2) is 18.2 Å². The van der Waals surface area contributed by atoms with Crippen LogP contribution in [0.25, 0.3) is 0 Å². The SMILES string of the molecule is CCOc1cc(OCC(F)(F)F)ccc1C1Cc2nn(CCCOC(F)(F)F)c(NC(=O)CSC)c2C(=O)N1. The molecular formula is C23H26F6N4O5S. The molecule has 2 N–H and O–H groups in total. The zero-order valence-electron chi connectivity index (χ0n) is 20.9. The number of benzene rings is 1. The molecule has 39 heavy (non-hydrogen) atoms. The van der Waals surface area contributed by atoms with Crippen molar-refractivity contribution in [2.24, 2.45) is 0 Å². The van der Waals surface area contributed by atoms with E-state index < -0.39 is 43.6 Å². The minimum Gasteiger partial charge on any atom is -0.493 e. The molecule has 0 saturated carbocycles. The number of fused-ring (bicyclic) bond motifs is 1. The second-order valence-electron chi connectivity index (χ2n) is 8.29. The van der Waals surface area contributed by atoms with Crippen molar-refractivity contribution in [1.82, 2.24) is 15.1 Å². The summed E-state index contributed by atoms with van der Waals surface area (Å²) < 4.78 is 90.1. The van der Waals surface area contributed by atoms with E-state index in [1.807, 2.05) is 0 Å². The lowest BCUT2D eigenvalue weighted by atomic mass is 9.95. The summed E-state index contributed by atoms with van der Waals surface area (Å²) in [5.74, 6) is -0.788. The molecule has 3 rings (SSSR count). The molecule has 9 nitrogen and oxygen atoms in total. The summed E-state index contributed by atoms with van der Waals surface area (Å²) in [6, 6.07) is 3.38. The van der Waals surface area contributed by atoms with Gasteiger partial charge in [-0.05, 0) is 31.7 Å². The minimum absolute atomic E-state index is 0.0490. The molecule has 0 saturated heterocycles. The average molecular weight is 585 g/mol. The number of aromatic nitrogens is 2. The molecule has 0 fully saturated rings. The van der Waals surface area contributed by atoms with Gasteiger partial charge in [0.25, 0.3) is 5.91 Å². The number of thioether (sulfide) groups is 1. The van der Waals surface area contributed by atoms with Gasteiger partial charge < -0.3 is 20.1 Å². The fraction of sp³-hybridized carbons (Fsp3) is 0.522. The maximum absolute atomic E-state index is 13.2. The second-order valence-corrected chi connectivity index (χ2v) is 9.16. The van der Waals surface area contributed by atoms with Gasteiger partial charge >= 0.3 is 12.5 Å². The summed E-state index contributed by atoms with van der Waals surface area (Å²) in [5.41, 5.74) is 0.802. The molecule has 2 amide bonds. The third-order valence-corrected chi connectivity index (χ3v) is 5.88. The molecule has 0 spiro atoms. The zero-order chi connectivity index (χ0) is 28.8. The van der Waals surface area contributed by atoms with Gasteiger partial charge in [-0.25, -0.2) is 4.68 Å². The molecule has 0 bridgehead atoms. The molecule has 216 valence electrons. The van der Waals surface area contributed by atoms with Crippen molar-refractivity contribution < 1.29 is 50.1 Å². The highest BCUT2D eigenvalue weighted by Gasteiger charge is 2.35. The Morgan fingerprint density at radius 1 is 1.23 bits per heavy atom. The highest BCUT2D eigenvalue weighted by atomic mass is 32.2. The number of halogens is 6. The van der Waals surface area contributed by atoms with Crippen LogP contribution >= 0.6 is 11.8 Å². The first-order valence-corrected chi connectivity index (χ1v) is 13.1. The van der Waals surface area contributed by atoms with Crippen LogP contribution < -0.4 is 20.1 Å². The first kappa shape index (κ1) is 30.4. The maximum atomic E-state index is 13.2. The van der Waals surface area contributed by atoms with Crippen molar-refractivity contribution in [3.05, 3.63) is 35.0 Å². The van der Waals surface area contributed by atoms with E-state index in [-0.39, 0.29) is 60.3 Å². The van der Waals surface area contributed by atoms with Gasteiger partial charge in [0.15, 0.2) is 6.61 Å². The summed E-state index contributed by atoms with van der Waals surface area (Å²) in [6.45, 7) is -0.356. The van der Waals surface area contributed by atoms with Crippen molar-refractivity contribution in [1.29, 1.82) is 0 Å². The maximum Gasteiger partial charge on any atom is 0.522 e.